The lowest BCUT2D eigenvalue weighted by Crippen LogP contribution is -2.16. The van der Waals surface area contributed by atoms with E-state index in [-0.39, 0.29) is 25.4 Å². The first kappa shape index (κ1) is 15.8. The molecule has 0 aromatic heterocycles. The molecule has 0 saturated carbocycles. The molecule has 0 radical (unpaired) electrons. The standard InChI is InChI=1S/C18H18O4/c1-14-7-9-16(10-8-14)21-12-11-18(20)22-13-17(19)15-5-3-2-4-6-15/h2-10H,11-13H2,1H3. The topological polar surface area (TPSA) is 52.6 Å². The van der Waals surface area contributed by atoms with Gasteiger partial charge in [-0.15, -0.1) is 0 Å². The number of ether oxygens (including phenoxy) is 2. The first-order valence-corrected chi connectivity index (χ1v) is 7.08. The Kier molecular flexibility index (Phi) is 5.72. The van der Waals surface area contributed by atoms with Gasteiger partial charge in [-0.25, -0.2) is 0 Å². The molecule has 0 unspecified atom stereocenters. The van der Waals surface area contributed by atoms with E-state index in [4.69, 9.17) is 9.47 Å². The fourth-order valence-electron chi connectivity index (χ4n) is 1.81. The molecule has 4 heteroatoms. The first-order chi connectivity index (χ1) is 10.6. The Hall–Kier alpha value is -2.62. The summed E-state index contributed by atoms with van der Waals surface area (Å²) in [5.41, 5.74) is 1.68. The summed E-state index contributed by atoms with van der Waals surface area (Å²) in [6.07, 6.45) is 0.107. The second-order valence-corrected chi connectivity index (χ2v) is 4.86. The average Bonchev–Trinajstić information content (AvgIpc) is 2.55. The first-order valence-electron chi connectivity index (χ1n) is 7.08. The highest BCUT2D eigenvalue weighted by atomic mass is 16.5. The van der Waals surface area contributed by atoms with Gasteiger partial charge in [-0.1, -0.05) is 48.0 Å². The van der Waals surface area contributed by atoms with Crippen molar-refractivity contribution in [3.05, 3.63) is 65.7 Å². The van der Waals surface area contributed by atoms with Crippen LogP contribution in [0.5, 0.6) is 5.75 Å². The van der Waals surface area contributed by atoms with E-state index in [2.05, 4.69) is 0 Å². The third kappa shape index (κ3) is 5.05. The van der Waals surface area contributed by atoms with Crippen molar-refractivity contribution in [3.8, 4) is 5.75 Å². The number of hydrogen-bond donors (Lipinski definition) is 0. The van der Waals surface area contributed by atoms with Crippen molar-refractivity contribution in [1.29, 1.82) is 0 Å². The Labute approximate surface area is 129 Å². The molecule has 0 spiro atoms. The Bertz CT molecular complexity index is 617. The summed E-state index contributed by atoms with van der Waals surface area (Å²) >= 11 is 0. The van der Waals surface area contributed by atoms with Gasteiger partial charge in [0.15, 0.2) is 12.4 Å². The molecule has 0 heterocycles. The van der Waals surface area contributed by atoms with Crippen LogP contribution in [0.1, 0.15) is 22.3 Å². The number of rotatable bonds is 7. The van der Waals surface area contributed by atoms with Crippen molar-refractivity contribution in [2.45, 2.75) is 13.3 Å². The zero-order chi connectivity index (χ0) is 15.8. The maximum absolute atomic E-state index is 11.8. The van der Waals surface area contributed by atoms with Crippen molar-refractivity contribution in [3.63, 3.8) is 0 Å². The Morgan fingerprint density at radius 2 is 1.64 bits per heavy atom. The van der Waals surface area contributed by atoms with Crippen molar-refractivity contribution in [2.75, 3.05) is 13.2 Å². The summed E-state index contributed by atoms with van der Waals surface area (Å²) in [7, 11) is 0. The smallest absolute Gasteiger partial charge is 0.309 e. The van der Waals surface area contributed by atoms with Crippen LogP contribution in [0.25, 0.3) is 0 Å². The molecule has 4 nitrogen and oxygen atoms in total. The van der Waals surface area contributed by atoms with Gasteiger partial charge in [0, 0.05) is 5.56 Å². The fourth-order valence-corrected chi connectivity index (χ4v) is 1.81. The van der Waals surface area contributed by atoms with E-state index in [0.29, 0.717) is 11.3 Å². The normalized spacial score (nSPS) is 10.0. The number of carbonyl (C=O) groups is 2. The van der Waals surface area contributed by atoms with E-state index in [1.54, 1.807) is 24.3 Å². The van der Waals surface area contributed by atoms with Gasteiger partial charge in [-0.3, -0.25) is 9.59 Å². The van der Waals surface area contributed by atoms with E-state index < -0.39 is 5.97 Å². The molecule has 0 N–H and O–H groups in total. The molecule has 2 aromatic rings. The second kappa shape index (κ2) is 7.98. The van der Waals surface area contributed by atoms with Crippen LogP contribution in [-0.4, -0.2) is 25.0 Å². The van der Waals surface area contributed by atoms with Gasteiger partial charge in [0.1, 0.15) is 5.75 Å². The maximum Gasteiger partial charge on any atom is 0.309 e. The molecule has 0 aliphatic rings. The van der Waals surface area contributed by atoms with E-state index in [1.807, 2.05) is 37.3 Å². The predicted octanol–water partition coefficient (Wildman–Crippen LogP) is 3.19. The van der Waals surface area contributed by atoms with Gasteiger partial charge in [0.2, 0.25) is 0 Å². The van der Waals surface area contributed by atoms with Crippen molar-refractivity contribution in [2.24, 2.45) is 0 Å². The highest BCUT2D eigenvalue weighted by Crippen LogP contribution is 2.11. The highest BCUT2D eigenvalue weighted by molar-refractivity contribution is 5.97. The number of carbonyl (C=O) groups excluding carboxylic acids is 2. The molecule has 2 rings (SSSR count). The lowest BCUT2D eigenvalue weighted by atomic mass is 10.1. The molecule has 0 aliphatic heterocycles. The van der Waals surface area contributed by atoms with Crippen molar-refractivity contribution < 1.29 is 19.1 Å². The second-order valence-electron chi connectivity index (χ2n) is 4.86. The van der Waals surface area contributed by atoms with E-state index in [1.165, 1.54) is 0 Å². The molecular weight excluding hydrogens is 280 g/mol. The monoisotopic (exact) mass is 298 g/mol. The minimum Gasteiger partial charge on any atom is -0.493 e. The van der Waals surface area contributed by atoms with Gasteiger partial charge >= 0.3 is 5.97 Å². The average molecular weight is 298 g/mol. The largest absolute Gasteiger partial charge is 0.493 e. The highest BCUT2D eigenvalue weighted by Gasteiger charge is 2.09. The minimum absolute atomic E-state index is 0.107. The summed E-state index contributed by atoms with van der Waals surface area (Å²) in [6.45, 7) is 1.97. The van der Waals surface area contributed by atoms with Crippen LogP contribution in [0.2, 0.25) is 0 Å². The van der Waals surface area contributed by atoms with Crippen LogP contribution >= 0.6 is 0 Å². The number of ketones is 1. The van der Waals surface area contributed by atoms with Crippen molar-refractivity contribution >= 4 is 11.8 Å². The molecule has 0 atom stereocenters. The Morgan fingerprint density at radius 3 is 2.32 bits per heavy atom. The molecule has 0 amide bonds. The van der Waals surface area contributed by atoms with Gasteiger partial charge < -0.3 is 9.47 Å². The van der Waals surface area contributed by atoms with E-state index in [9.17, 15) is 9.59 Å². The zero-order valence-corrected chi connectivity index (χ0v) is 12.5. The number of aryl methyl sites for hydroxylation is 1. The molecule has 22 heavy (non-hydrogen) atoms. The third-order valence-corrected chi connectivity index (χ3v) is 3.06. The predicted molar refractivity (Wildman–Crippen MR) is 83.0 cm³/mol. The zero-order valence-electron chi connectivity index (χ0n) is 12.5. The lowest BCUT2D eigenvalue weighted by molar-refractivity contribution is -0.143. The summed E-state index contributed by atoms with van der Waals surface area (Å²) in [5.74, 6) is 0.0450. The Balaban J connectivity index is 1.68. The number of Topliss-reactive ketones (excluding diaryl/α,β-unsaturated/α-hetero) is 1. The summed E-state index contributed by atoms with van der Waals surface area (Å²) < 4.78 is 10.4. The number of esters is 1. The van der Waals surface area contributed by atoms with Gasteiger partial charge in [-0.05, 0) is 19.1 Å². The molecule has 0 fully saturated rings. The van der Waals surface area contributed by atoms with Gasteiger partial charge in [-0.2, -0.15) is 0 Å². The van der Waals surface area contributed by atoms with Gasteiger partial charge in [0.25, 0.3) is 0 Å². The SMILES string of the molecule is Cc1ccc(OCCC(=O)OCC(=O)c2ccccc2)cc1. The maximum atomic E-state index is 11.8. The molecular formula is C18H18O4. The molecule has 114 valence electrons. The van der Waals surface area contributed by atoms with Crippen LogP contribution in [0, 0.1) is 6.92 Å². The summed E-state index contributed by atoms with van der Waals surface area (Å²) in [6, 6.07) is 16.3. The molecule has 2 aromatic carbocycles. The lowest BCUT2D eigenvalue weighted by Gasteiger charge is -2.07. The number of hydrogen-bond acceptors (Lipinski definition) is 4. The third-order valence-electron chi connectivity index (χ3n) is 3.06. The quantitative estimate of drug-likeness (QED) is 0.582. The van der Waals surface area contributed by atoms with E-state index in [0.717, 1.165) is 5.56 Å². The molecule has 0 aliphatic carbocycles. The van der Waals surface area contributed by atoms with Crippen LogP contribution in [0.15, 0.2) is 54.6 Å². The molecule has 0 saturated heterocycles. The van der Waals surface area contributed by atoms with E-state index >= 15 is 0 Å². The van der Waals surface area contributed by atoms with Gasteiger partial charge in [0.05, 0.1) is 13.0 Å². The fraction of sp³-hybridized carbons (Fsp3) is 0.222. The summed E-state index contributed by atoms with van der Waals surface area (Å²) in [5, 5.41) is 0. The Morgan fingerprint density at radius 1 is 0.955 bits per heavy atom. The molecule has 0 bridgehead atoms. The van der Waals surface area contributed by atoms with Crippen LogP contribution < -0.4 is 4.74 Å². The summed E-state index contributed by atoms with van der Waals surface area (Å²) in [4.78, 5) is 23.3. The number of benzene rings is 2. The van der Waals surface area contributed by atoms with Crippen LogP contribution in [0.3, 0.4) is 0 Å². The van der Waals surface area contributed by atoms with Crippen LogP contribution in [0.4, 0.5) is 0 Å². The van der Waals surface area contributed by atoms with Crippen molar-refractivity contribution in [1.82, 2.24) is 0 Å². The minimum atomic E-state index is -0.448. The van der Waals surface area contributed by atoms with Crippen LogP contribution in [-0.2, 0) is 9.53 Å².